The molecule has 0 fully saturated rings. The average molecular weight is 278 g/mol. The molecule has 0 amide bonds. The van der Waals surface area contributed by atoms with Gasteiger partial charge in [0.2, 0.25) is 0 Å². The molecule has 8 nitrogen and oxygen atoms in total. The lowest BCUT2D eigenvalue weighted by Crippen LogP contribution is -2.23. The number of aryl methyl sites for hydroxylation is 1. The zero-order chi connectivity index (χ0) is 14.7. The fraction of sp³-hybridized carbons (Fsp3) is 0.583. The van der Waals surface area contributed by atoms with Gasteiger partial charge in [-0.1, -0.05) is 13.8 Å². The molecule has 1 unspecified atom stereocenters. The standard InChI is InChI=1S/C12H18N6O2/c1-8(2)4-9(12(19)20)6-18-11(14-15-16-18)10-5-13-7-17(10)3/h5,7-9H,4,6H2,1-3H3,(H,19,20). The molecule has 0 aliphatic rings. The predicted molar refractivity (Wildman–Crippen MR) is 70.6 cm³/mol. The maximum absolute atomic E-state index is 11.3. The van der Waals surface area contributed by atoms with E-state index >= 15 is 0 Å². The number of carbonyl (C=O) groups is 1. The molecular weight excluding hydrogens is 260 g/mol. The van der Waals surface area contributed by atoms with Crippen molar-refractivity contribution in [1.29, 1.82) is 0 Å². The third kappa shape index (κ3) is 3.01. The Kier molecular flexibility index (Phi) is 4.11. The summed E-state index contributed by atoms with van der Waals surface area (Å²) in [7, 11) is 1.84. The number of carboxylic acids is 1. The molecule has 0 radical (unpaired) electrons. The van der Waals surface area contributed by atoms with Crippen molar-refractivity contribution < 1.29 is 9.90 Å². The van der Waals surface area contributed by atoms with Crippen LogP contribution in [0.2, 0.25) is 0 Å². The van der Waals surface area contributed by atoms with Crippen molar-refractivity contribution in [2.45, 2.75) is 26.8 Å². The summed E-state index contributed by atoms with van der Waals surface area (Å²) >= 11 is 0. The summed E-state index contributed by atoms with van der Waals surface area (Å²) < 4.78 is 3.32. The fourth-order valence-electron chi connectivity index (χ4n) is 2.11. The van der Waals surface area contributed by atoms with E-state index in [-0.39, 0.29) is 6.54 Å². The lowest BCUT2D eigenvalue weighted by molar-refractivity contribution is -0.142. The van der Waals surface area contributed by atoms with Gasteiger partial charge in [-0.15, -0.1) is 5.10 Å². The number of carboxylic acid groups (broad SMARTS) is 1. The highest BCUT2D eigenvalue weighted by atomic mass is 16.4. The van der Waals surface area contributed by atoms with Crippen molar-refractivity contribution in [3.63, 3.8) is 0 Å². The van der Waals surface area contributed by atoms with E-state index in [9.17, 15) is 9.90 Å². The first-order chi connectivity index (χ1) is 9.49. The van der Waals surface area contributed by atoms with E-state index in [1.807, 2.05) is 20.9 Å². The number of rotatable bonds is 6. The molecule has 2 rings (SSSR count). The molecule has 0 spiro atoms. The Labute approximate surface area is 116 Å². The quantitative estimate of drug-likeness (QED) is 0.840. The van der Waals surface area contributed by atoms with Crippen molar-refractivity contribution in [3.8, 4) is 11.5 Å². The molecule has 0 aliphatic carbocycles. The van der Waals surface area contributed by atoms with Gasteiger partial charge in [0.25, 0.3) is 0 Å². The first-order valence-corrected chi connectivity index (χ1v) is 6.44. The van der Waals surface area contributed by atoms with Crippen molar-refractivity contribution in [3.05, 3.63) is 12.5 Å². The Morgan fingerprint density at radius 1 is 1.45 bits per heavy atom. The van der Waals surface area contributed by atoms with E-state index in [4.69, 9.17) is 0 Å². The maximum Gasteiger partial charge on any atom is 0.308 e. The van der Waals surface area contributed by atoms with Gasteiger partial charge >= 0.3 is 5.97 Å². The highest BCUT2D eigenvalue weighted by Gasteiger charge is 2.23. The van der Waals surface area contributed by atoms with Gasteiger partial charge in [-0.25, -0.2) is 9.67 Å². The summed E-state index contributed by atoms with van der Waals surface area (Å²) in [5.41, 5.74) is 0.753. The Morgan fingerprint density at radius 3 is 2.75 bits per heavy atom. The lowest BCUT2D eigenvalue weighted by atomic mass is 9.97. The Bertz CT molecular complexity index is 588. The van der Waals surface area contributed by atoms with E-state index in [1.54, 1.807) is 17.1 Å². The van der Waals surface area contributed by atoms with E-state index in [0.29, 0.717) is 18.2 Å². The SMILES string of the molecule is CC(C)CC(Cn1nnnc1-c1cncn1C)C(=O)O. The van der Waals surface area contributed by atoms with Crippen molar-refractivity contribution in [2.75, 3.05) is 0 Å². The van der Waals surface area contributed by atoms with Gasteiger partial charge in [-0.05, 0) is 22.8 Å². The zero-order valence-corrected chi connectivity index (χ0v) is 11.8. The van der Waals surface area contributed by atoms with Crippen LogP contribution < -0.4 is 0 Å². The Hall–Kier alpha value is -2.25. The largest absolute Gasteiger partial charge is 0.481 e. The van der Waals surface area contributed by atoms with Gasteiger partial charge in [0.15, 0.2) is 5.82 Å². The third-order valence-electron chi connectivity index (χ3n) is 3.08. The van der Waals surface area contributed by atoms with Gasteiger partial charge in [0, 0.05) is 7.05 Å². The lowest BCUT2D eigenvalue weighted by Gasteiger charge is -2.15. The van der Waals surface area contributed by atoms with Gasteiger partial charge in [0.05, 0.1) is 25.0 Å². The van der Waals surface area contributed by atoms with Gasteiger partial charge < -0.3 is 9.67 Å². The number of aliphatic carboxylic acids is 1. The molecule has 0 aromatic carbocycles. The highest BCUT2D eigenvalue weighted by molar-refractivity contribution is 5.70. The third-order valence-corrected chi connectivity index (χ3v) is 3.08. The number of nitrogens with zero attached hydrogens (tertiary/aromatic N) is 6. The second kappa shape index (κ2) is 5.81. The molecule has 8 heteroatoms. The summed E-state index contributed by atoms with van der Waals surface area (Å²) in [6, 6.07) is 0. The second-order valence-corrected chi connectivity index (χ2v) is 5.24. The van der Waals surface area contributed by atoms with E-state index < -0.39 is 11.9 Å². The van der Waals surface area contributed by atoms with Gasteiger partial charge in [-0.2, -0.15) is 0 Å². The van der Waals surface area contributed by atoms with Crippen LogP contribution in [-0.4, -0.2) is 40.8 Å². The van der Waals surface area contributed by atoms with Crippen molar-refractivity contribution in [2.24, 2.45) is 18.9 Å². The minimum absolute atomic E-state index is 0.251. The van der Waals surface area contributed by atoms with Crippen LogP contribution in [0.1, 0.15) is 20.3 Å². The number of hydrogen-bond donors (Lipinski definition) is 1. The molecule has 0 saturated carbocycles. The zero-order valence-electron chi connectivity index (χ0n) is 11.8. The molecule has 1 N–H and O–H groups in total. The van der Waals surface area contributed by atoms with Gasteiger partial charge in [0.1, 0.15) is 5.69 Å². The molecule has 2 aromatic heterocycles. The molecule has 108 valence electrons. The van der Waals surface area contributed by atoms with E-state index in [2.05, 4.69) is 20.5 Å². The summed E-state index contributed by atoms with van der Waals surface area (Å²) in [4.78, 5) is 15.3. The number of aromatic nitrogens is 6. The second-order valence-electron chi connectivity index (χ2n) is 5.24. The average Bonchev–Trinajstić information content (AvgIpc) is 2.96. The minimum Gasteiger partial charge on any atom is -0.481 e. The van der Waals surface area contributed by atoms with Crippen LogP contribution in [0.25, 0.3) is 11.5 Å². The summed E-state index contributed by atoms with van der Waals surface area (Å²) in [5, 5.41) is 20.8. The topological polar surface area (TPSA) is 98.7 Å². The Balaban J connectivity index is 2.24. The van der Waals surface area contributed by atoms with E-state index in [1.165, 1.54) is 4.68 Å². The van der Waals surface area contributed by atoms with Crippen LogP contribution in [0.3, 0.4) is 0 Å². The summed E-state index contributed by atoms with van der Waals surface area (Å²) in [6.07, 6.45) is 3.89. The van der Waals surface area contributed by atoms with Crippen LogP contribution in [0.5, 0.6) is 0 Å². The first-order valence-electron chi connectivity index (χ1n) is 6.44. The molecule has 20 heavy (non-hydrogen) atoms. The molecular formula is C12H18N6O2. The molecule has 2 aromatic rings. The molecule has 2 heterocycles. The first kappa shape index (κ1) is 14.2. The fourth-order valence-corrected chi connectivity index (χ4v) is 2.11. The Morgan fingerprint density at radius 2 is 2.20 bits per heavy atom. The molecule has 0 saturated heterocycles. The van der Waals surface area contributed by atoms with Crippen LogP contribution in [-0.2, 0) is 18.4 Å². The van der Waals surface area contributed by atoms with E-state index in [0.717, 1.165) is 5.69 Å². The number of imidazole rings is 1. The summed E-state index contributed by atoms with van der Waals surface area (Å²) in [5.74, 6) is -0.511. The monoisotopic (exact) mass is 278 g/mol. The number of hydrogen-bond acceptors (Lipinski definition) is 5. The van der Waals surface area contributed by atoms with Crippen LogP contribution in [0.15, 0.2) is 12.5 Å². The van der Waals surface area contributed by atoms with Crippen molar-refractivity contribution >= 4 is 5.97 Å². The van der Waals surface area contributed by atoms with Crippen LogP contribution in [0.4, 0.5) is 0 Å². The molecule has 0 bridgehead atoms. The molecule has 0 aliphatic heterocycles. The van der Waals surface area contributed by atoms with Crippen LogP contribution >= 0.6 is 0 Å². The summed E-state index contributed by atoms with van der Waals surface area (Å²) in [6.45, 7) is 4.25. The smallest absolute Gasteiger partial charge is 0.308 e. The predicted octanol–water partition coefficient (Wildman–Crippen LogP) is 0.820. The van der Waals surface area contributed by atoms with Gasteiger partial charge in [-0.3, -0.25) is 4.79 Å². The number of tetrazole rings is 1. The van der Waals surface area contributed by atoms with Crippen molar-refractivity contribution in [1.82, 2.24) is 29.8 Å². The maximum atomic E-state index is 11.3. The normalized spacial score (nSPS) is 12.8. The minimum atomic E-state index is -0.829. The highest BCUT2D eigenvalue weighted by Crippen LogP contribution is 2.18. The molecule has 1 atom stereocenters. The van der Waals surface area contributed by atoms with Crippen LogP contribution in [0, 0.1) is 11.8 Å².